The molecule has 0 atom stereocenters. The number of halogens is 1. The number of nitrogens with zero attached hydrogens (tertiary/aromatic N) is 1. The summed E-state index contributed by atoms with van der Waals surface area (Å²) in [6, 6.07) is 9.25. The van der Waals surface area contributed by atoms with Crippen LogP contribution in [0.3, 0.4) is 0 Å². The van der Waals surface area contributed by atoms with Gasteiger partial charge < -0.3 is 4.74 Å². The molecule has 0 unspecified atom stereocenters. The highest BCUT2D eigenvalue weighted by Crippen LogP contribution is 2.22. The third-order valence-corrected chi connectivity index (χ3v) is 2.92. The predicted molar refractivity (Wildman–Crippen MR) is 71.9 cm³/mol. The molecule has 0 spiro atoms. The van der Waals surface area contributed by atoms with Gasteiger partial charge in [0.1, 0.15) is 5.15 Å². The van der Waals surface area contributed by atoms with Crippen molar-refractivity contribution >= 4 is 28.3 Å². The standard InChI is InChI=1S/C14H14ClNO2/c1-2-3-8-18-14(17)12-9-10-6-4-5-7-11(10)13(15)16-12/h4-7,9H,2-3,8H2,1H3. The van der Waals surface area contributed by atoms with Gasteiger partial charge in [-0.25, -0.2) is 9.78 Å². The summed E-state index contributed by atoms with van der Waals surface area (Å²) in [5.74, 6) is -0.420. The van der Waals surface area contributed by atoms with Gasteiger partial charge in [0.15, 0.2) is 5.69 Å². The lowest BCUT2D eigenvalue weighted by Gasteiger charge is -2.05. The lowest BCUT2D eigenvalue weighted by Crippen LogP contribution is -2.08. The lowest BCUT2D eigenvalue weighted by atomic mass is 10.1. The largest absolute Gasteiger partial charge is 0.461 e. The van der Waals surface area contributed by atoms with Crippen LogP contribution < -0.4 is 0 Å². The van der Waals surface area contributed by atoms with Gasteiger partial charge in [0.05, 0.1) is 6.61 Å². The highest BCUT2D eigenvalue weighted by molar-refractivity contribution is 6.34. The summed E-state index contributed by atoms with van der Waals surface area (Å²) in [7, 11) is 0. The van der Waals surface area contributed by atoms with Crippen molar-refractivity contribution in [1.82, 2.24) is 4.98 Å². The quantitative estimate of drug-likeness (QED) is 0.478. The molecule has 0 aliphatic rings. The molecule has 0 fully saturated rings. The SMILES string of the molecule is CCCCOC(=O)c1cc2ccccc2c(Cl)n1. The van der Waals surface area contributed by atoms with E-state index in [-0.39, 0.29) is 5.69 Å². The second-order valence-corrected chi connectivity index (χ2v) is 4.37. The number of carbonyl (C=O) groups is 1. The van der Waals surface area contributed by atoms with E-state index in [4.69, 9.17) is 16.3 Å². The number of benzene rings is 1. The fourth-order valence-corrected chi connectivity index (χ4v) is 1.91. The van der Waals surface area contributed by atoms with Crippen LogP contribution in [0.15, 0.2) is 30.3 Å². The number of pyridine rings is 1. The van der Waals surface area contributed by atoms with E-state index in [1.54, 1.807) is 6.07 Å². The number of fused-ring (bicyclic) bond motifs is 1. The maximum Gasteiger partial charge on any atom is 0.357 e. The molecule has 0 radical (unpaired) electrons. The molecule has 0 bridgehead atoms. The van der Waals surface area contributed by atoms with Crippen molar-refractivity contribution in [2.75, 3.05) is 6.61 Å². The van der Waals surface area contributed by atoms with Gasteiger partial charge in [-0.15, -0.1) is 0 Å². The molecular weight excluding hydrogens is 250 g/mol. The molecule has 0 amide bonds. The Morgan fingerprint density at radius 1 is 1.39 bits per heavy atom. The Balaban J connectivity index is 2.26. The second-order valence-electron chi connectivity index (χ2n) is 4.01. The van der Waals surface area contributed by atoms with E-state index in [1.165, 1.54) is 0 Å². The molecule has 0 aliphatic carbocycles. The van der Waals surface area contributed by atoms with Gasteiger partial charge in [0, 0.05) is 5.39 Å². The first-order chi connectivity index (χ1) is 8.72. The van der Waals surface area contributed by atoms with Crippen molar-refractivity contribution in [3.63, 3.8) is 0 Å². The van der Waals surface area contributed by atoms with Crippen molar-refractivity contribution in [2.24, 2.45) is 0 Å². The van der Waals surface area contributed by atoms with Crippen LogP contribution in [-0.4, -0.2) is 17.6 Å². The van der Waals surface area contributed by atoms with Gasteiger partial charge in [-0.1, -0.05) is 49.2 Å². The van der Waals surface area contributed by atoms with Crippen LogP contribution in [0.5, 0.6) is 0 Å². The summed E-state index contributed by atoms with van der Waals surface area (Å²) in [4.78, 5) is 15.8. The summed E-state index contributed by atoms with van der Waals surface area (Å²) >= 11 is 6.05. The van der Waals surface area contributed by atoms with Crippen LogP contribution >= 0.6 is 11.6 Å². The molecule has 3 nitrogen and oxygen atoms in total. The normalized spacial score (nSPS) is 10.6. The number of aromatic nitrogens is 1. The van der Waals surface area contributed by atoms with Gasteiger partial charge in [0.2, 0.25) is 0 Å². The van der Waals surface area contributed by atoms with Crippen LogP contribution in [0, 0.1) is 0 Å². The average Bonchev–Trinajstić information content (AvgIpc) is 2.39. The third-order valence-electron chi connectivity index (χ3n) is 2.63. The molecule has 1 heterocycles. The summed E-state index contributed by atoms with van der Waals surface area (Å²) in [6.07, 6.45) is 1.84. The zero-order valence-corrected chi connectivity index (χ0v) is 10.9. The van der Waals surface area contributed by atoms with Gasteiger partial charge in [-0.05, 0) is 17.9 Å². The third kappa shape index (κ3) is 2.79. The van der Waals surface area contributed by atoms with Gasteiger partial charge in [-0.3, -0.25) is 0 Å². The maximum absolute atomic E-state index is 11.8. The minimum absolute atomic E-state index is 0.259. The van der Waals surface area contributed by atoms with E-state index in [0.29, 0.717) is 11.8 Å². The fourth-order valence-electron chi connectivity index (χ4n) is 1.64. The summed E-state index contributed by atoms with van der Waals surface area (Å²) < 4.78 is 5.11. The van der Waals surface area contributed by atoms with Crippen molar-refractivity contribution in [3.8, 4) is 0 Å². The molecule has 18 heavy (non-hydrogen) atoms. The Hall–Kier alpha value is -1.61. The number of unbranched alkanes of at least 4 members (excludes halogenated alkanes) is 1. The summed E-state index contributed by atoms with van der Waals surface area (Å²) in [6.45, 7) is 2.46. The fraction of sp³-hybridized carbons (Fsp3) is 0.286. The minimum Gasteiger partial charge on any atom is -0.461 e. The molecule has 2 aromatic rings. The molecule has 0 saturated heterocycles. The van der Waals surface area contributed by atoms with Crippen molar-refractivity contribution in [3.05, 3.63) is 41.2 Å². The van der Waals surface area contributed by atoms with E-state index in [2.05, 4.69) is 4.98 Å². The van der Waals surface area contributed by atoms with Crippen molar-refractivity contribution in [1.29, 1.82) is 0 Å². The highest BCUT2D eigenvalue weighted by atomic mass is 35.5. The van der Waals surface area contributed by atoms with Gasteiger partial charge in [0.25, 0.3) is 0 Å². The first kappa shape index (κ1) is 12.8. The summed E-state index contributed by atoms with van der Waals surface area (Å²) in [5.41, 5.74) is 0.259. The minimum atomic E-state index is -0.420. The number of esters is 1. The Bertz CT molecular complexity index is 569. The monoisotopic (exact) mass is 263 g/mol. The maximum atomic E-state index is 11.8. The van der Waals surface area contributed by atoms with E-state index >= 15 is 0 Å². The Morgan fingerprint density at radius 3 is 2.94 bits per heavy atom. The van der Waals surface area contributed by atoms with Crippen LogP contribution in [-0.2, 0) is 4.74 Å². The van der Waals surface area contributed by atoms with Crippen LogP contribution in [0.1, 0.15) is 30.3 Å². The Morgan fingerprint density at radius 2 is 2.17 bits per heavy atom. The zero-order chi connectivity index (χ0) is 13.0. The average molecular weight is 264 g/mol. The van der Waals surface area contributed by atoms with Crippen molar-refractivity contribution < 1.29 is 9.53 Å². The molecule has 2 rings (SSSR count). The lowest BCUT2D eigenvalue weighted by molar-refractivity contribution is 0.0493. The predicted octanol–water partition coefficient (Wildman–Crippen LogP) is 3.85. The molecule has 1 aromatic heterocycles. The molecular formula is C14H14ClNO2. The van der Waals surface area contributed by atoms with Crippen LogP contribution in [0.4, 0.5) is 0 Å². The van der Waals surface area contributed by atoms with Crippen molar-refractivity contribution in [2.45, 2.75) is 19.8 Å². The molecule has 0 aliphatic heterocycles. The number of hydrogen-bond donors (Lipinski definition) is 0. The van der Waals surface area contributed by atoms with Crippen LogP contribution in [0.25, 0.3) is 10.8 Å². The number of carbonyl (C=O) groups excluding carboxylic acids is 1. The van der Waals surface area contributed by atoms with Crippen LogP contribution in [0.2, 0.25) is 5.15 Å². The summed E-state index contributed by atoms with van der Waals surface area (Å²) in [5, 5.41) is 2.06. The first-order valence-electron chi connectivity index (χ1n) is 5.94. The molecule has 0 saturated carbocycles. The topological polar surface area (TPSA) is 39.2 Å². The van der Waals surface area contributed by atoms with E-state index in [0.717, 1.165) is 23.6 Å². The highest BCUT2D eigenvalue weighted by Gasteiger charge is 2.12. The molecule has 94 valence electrons. The Labute approximate surface area is 111 Å². The number of ether oxygens (including phenoxy) is 1. The second kappa shape index (κ2) is 5.83. The number of rotatable bonds is 4. The smallest absolute Gasteiger partial charge is 0.357 e. The van der Waals surface area contributed by atoms with Gasteiger partial charge in [-0.2, -0.15) is 0 Å². The zero-order valence-electron chi connectivity index (χ0n) is 10.1. The van der Waals surface area contributed by atoms with Gasteiger partial charge >= 0.3 is 5.97 Å². The van der Waals surface area contributed by atoms with E-state index in [9.17, 15) is 4.79 Å². The first-order valence-corrected chi connectivity index (χ1v) is 6.32. The van der Waals surface area contributed by atoms with E-state index < -0.39 is 5.97 Å². The molecule has 4 heteroatoms. The molecule has 1 aromatic carbocycles. The number of hydrogen-bond acceptors (Lipinski definition) is 3. The molecule has 0 N–H and O–H groups in total. The van der Waals surface area contributed by atoms with E-state index in [1.807, 2.05) is 31.2 Å². The Kier molecular flexibility index (Phi) is 4.15.